The topological polar surface area (TPSA) is 343 Å². The van der Waals surface area contributed by atoms with Crippen LogP contribution in [0, 0.1) is 20.2 Å². The number of rotatable bonds is 15. The molecule has 0 atom stereocenters. The summed E-state index contributed by atoms with van der Waals surface area (Å²) in [6, 6.07) is 19.3. The van der Waals surface area contributed by atoms with Gasteiger partial charge in [0.15, 0.2) is 13.2 Å². The number of hydrogen-bond donors (Lipinski definition) is 5. The number of aliphatic carboxylic acids is 1. The second kappa shape index (κ2) is 27.2. The summed E-state index contributed by atoms with van der Waals surface area (Å²) in [4.78, 5) is 117. The van der Waals surface area contributed by atoms with Crippen molar-refractivity contribution in [1.82, 2.24) is 28.9 Å². The number of halogens is 3. The van der Waals surface area contributed by atoms with Gasteiger partial charge in [-0.25, -0.2) is 4.79 Å². The van der Waals surface area contributed by atoms with Gasteiger partial charge in [0.05, 0.1) is 54.2 Å². The number of nitro benzene ring substituents is 2. The molecule has 84 heavy (non-hydrogen) atoms. The minimum absolute atomic E-state index is 0.0481. The zero-order valence-corrected chi connectivity index (χ0v) is 52.0. The molecule has 0 aliphatic carbocycles. The number of non-ortho nitro benzene ring substituents is 2. The zero-order valence-electron chi connectivity index (χ0n) is 45.5. The minimum atomic E-state index is -1.12. The van der Waals surface area contributed by atoms with Crippen molar-refractivity contribution in [2.45, 2.75) is 39.5 Å². The van der Waals surface area contributed by atoms with E-state index < -0.39 is 70.5 Å². The Kier molecular flexibility index (Phi) is 20.5. The van der Waals surface area contributed by atoms with Crippen LogP contribution in [0.4, 0.5) is 22.7 Å². The molecule has 4 aromatic heterocycles. The van der Waals surface area contributed by atoms with E-state index in [9.17, 15) is 58.6 Å². The SMILES string of the molecule is CCCC(=O)OCC(=O)Nc1ccc2c(C3=C(c4cn(C)c5cc([N+](=O)[O-])ccc45)C(=O)NC3=O)cn(C)c2c1.CCCC(=O)OCC(=O)O.Cn1cc(C2=C(c3cn(C)c4cc([N+](=O)[O-])ccc34)C(=O)NC2=O)c2ccc(N)cc21.I[I-]I. The number of esters is 2. The number of hydrogen-bond acceptors (Lipinski definition) is 15. The predicted octanol–water partition coefficient (Wildman–Crippen LogP) is 5.34. The Bertz CT molecular complexity index is 4130. The van der Waals surface area contributed by atoms with Gasteiger partial charge in [-0.15, -0.1) is 0 Å². The molecule has 6 heterocycles. The molecule has 438 valence electrons. The summed E-state index contributed by atoms with van der Waals surface area (Å²) in [5.74, 6) is -4.61. The summed E-state index contributed by atoms with van der Waals surface area (Å²) in [5, 5.41) is 40.7. The maximum atomic E-state index is 13.1. The average Bonchev–Trinajstić information content (AvgIpc) is 4.30. The number of imide groups is 2. The molecule has 0 unspecified atom stereocenters. The molecule has 0 radical (unpaired) electrons. The monoisotopic (exact) mass is 1490 g/mol. The molecule has 0 fully saturated rings. The molecule has 25 nitrogen and oxygen atoms in total. The van der Waals surface area contributed by atoms with E-state index in [1.807, 2.05) is 37.6 Å². The second-order valence-electron chi connectivity index (χ2n) is 18.9. The molecule has 0 saturated heterocycles. The van der Waals surface area contributed by atoms with Gasteiger partial charge in [-0.05, 0) is 49.2 Å². The number of nitrogen functional groups attached to an aromatic ring is 1. The summed E-state index contributed by atoms with van der Waals surface area (Å²) < 4.78 is 16.3. The van der Waals surface area contributed by atoms with Gasteiger partial charge in [-0.2, -0.15) is 0 Å². The number of fused-ring (bicyclic) bond motifs is 4. The number of ether oxygens (including phenoxy) is 2. The zero-order chi connectivity index (χ0) is 61.4. The van der Waals surface area contributed by atoms with Crippen LogP contribution < -0.4 is 34.9 Å². The molecule has 10 rings (SSSR count). The van der Waals surface area contributed by atoms with Crippen LogP contribution in [0.1, 0.15) is 61.8 Å². The molecule has 0 bridgehead atoms. The van der Waals surface area contributed by atoms with Gasteiger partial charge in [-0.3, -0.25) is 64.4 Å². The number of nitrogens with zero attached hydrogens (tertiary/aromatic N) is 6. The third-order valence-electron chi connectivity index (χ3n) is 13.2. The number of nitrogens with two attached hydrogens (primary N) is 1. The van der Waals surface area contributed by atoms with E-state index >= 15 is 0 Å². The van der Waals surface area contributed by atoms with E-state index in [0.717, 1.165) is 10.9 Å². The van der Waals surface area contributed by atoms with Crippen molar-refractivity contribution in [1.29, 1.82) is 0 Å². The van der Waals surface area contributed by atoms with Crippen molar-refractivity contribution < 1.29 is 76.0 Å². The first kappa shape index (κ1) is 63.1. The van der Waals surface area contributed by atoms with Crippen molar-refractivity contribution in [2.24, 2.45) is 28.2 Å². The number of carboxylic acid groups (broad SMARTS) is 1. The first-order chi connectivity index (χ1) is 39.9. The van der Waals surface area contributed by atoms with Crippen LogP contribution in [-0.2, 0) is 76.0 Å². The van der Waals surface area contributed by atoms with Crippen LogP contribution in [-0.4, -0.2) is 93.9 Å². The molecule has 6 N–H and O–H groups in total. The fourth-order valence-electron chi connectivity index (χ4n) is 9.61. The number of nitrogens with one attached hydrogen (secondary N) is 3. The number of amides is 5. The number of aromatic nitrogens is 4. The number of nitro groups is 2. The van der Waals surface area contributed by atoms with E-state index in [1.54, 1.807) is 96.0 Å². The Morgan fingerprint density at radius 1 is 0.571 bits per heavy atom. The van der Waals surface area contributed by atoms with Crippen LogP contribution in [0.2, 0.25) is 0 Å². The van der Waals surface area contributed by atoms with Crippen LogP contribution in [0.25, 0.3) is 65.9 Å². The molecule has 28 heteroatoms. The fourth-order valence-corrected chi connectivity index (χ4v) is 9.61. The predicted molar refractivity (Wildman–Crippen MR) is 325 cm³/mol. The standard InChI is InChI=1S/C28H25N5O7.C22H17N5O4.C6H10O4.I3/c1-4-5-24(35)40-14-23(34)29-15-6-8-17-19(12-31(2)21(17)10-15)25-26(28(37)30-27(25)36)20-13-32(3)22-11-16(33(38)39)7-9-18(20)22;1-25-9-15(13-5-3-11(23)7-17(13)25)19-20(22(29)24-21(19)28)16-10-26(2)18-8-12(27(30)31)4-6-14(16)18;1-2-3-6(9)10-4-5(7)8;1-3-2/h6-13H,4-5,14H2,1-3H3,(H,29,34)(H,30,36,37);3-10H,23H2,1-2H3,(H,24,28,29);2-4H2,1H3,(H,7,8);/q;;;-1. The molecule has 4 aromatic carbocycles. The van der Waals surface area contributed by atoms with Crippen molar-refractivity contribution >= 4 is 173 Å². The third-order valence-corrected chi connectivity index (χ3v) is 13.2. The quantitative estimate of drug-likeness (QED) is 0.0216. The normalized spacial score (nSPS) is 12.9. The first-order valence-corrected chi connectivity index (χ1v) is 37.8. The second-order valence-corrected chi connectivity index (χ2v) is 35.2. The molecule has 8 aromatic rings. The average molecular weight is 1490 g/mol. The molecular formula is C56H52I3N10O15-. The summed E-state index contributed by atoms with van der Waals surface area (Å²) in [6.45, 7) is 2.73. The third kappa shape index (κ3) is 13.8. The Hall–Kier alpha value is -8.53. The maximum absolute atomic E-state index is 13.1. The molecule has 2 aliphatic rings. The summed E-state index contributed by atoms with van der Waals surface area (Å²) in [5.41, 5.74) is 12.5. The number of carbonyl (C=O) groups is 8. The van der Waals surface area contributed by atoms with Crippen molar-refractivity contribution in [3.63, 3.8) is 0 Å². The van der Waals surface area contributed by atoms with Gasteiger partial charge in [0.25, 0.3) is 40.9 Å². The van der Waals surface area contributed by atoms with Gasteiger partial charge in [-0.1, -0.05) is 26.0 Å². The van der Waals surface area contributed by atoms with Crippen molar-refractivity contribution in [3.8, 4) is 0 Å². The summed E-state index contributed by atoms with van der Waals surface area (Å²) in [6.07, 6.45) is 8.74. The van der Waals surface area contributed by atoms with Crippen molar-refractivity contribution in [3.05, 3.63) is 140 Å². The Balaban J connectivity index is 0.000000203. The number of carbonyl (C=O) groups excluding carboxylic acids is 7. The van der Waals surface area contributed by atoms with Gasteiger partial charge in [0.1, 0.15) is 0 Å². The van der Waals surface area contributed by atoms with E-state index in [2.05, 4.69) is 57.9 Å². The van der Waals surface area contributed by atoms with E-state index in [-0.39, 0.29) is 46.5 Å². The summed E-state index contributed by atoms with van der Waals surface area (Å²) >= 11 is 5.30. The van der Waals surface area contributed by atoms with Crippen LogP contribution in [0.15, 0.2) is 97.6 Å². The van der Waals surface area contributed by atoms with Crippen LogP contribution >= 0.6 is 37.2 Å². The molecule has 0 saturated carbocycles. The molecule has 0 spiro atoms. The van der Waals surface area contributed by atoms with Crippen LogP contribution in [0.3, 0.4) is 0 Å². The van der Waals surface area contributed by atoms with Crippen molar-refractivity contribution in [2.75, 3.05) is 24.3 Å². The Morgan fingerprint density at radius 2 is 0.905 bits per heavy atom. The van der Waals surface area contributed by atoms with Crippen LogP contribution in [0.5, 0.6) is 0 Å². The molecule has 5 amide bonds. The van der Waals surface area contributed by atoms with Gasteiger partial charge in [0, 0.05) is 145 Å². The van der Waals surface area contributed by atoms with Gasteiger partial charge >= 0.3 is 68.4 Å². The van der Waals surface area contributed by atoms with Gasteiger partial charge < -0.3 is 43.9 Å². The Morgan fingerprint density at radius 3 is 1.26 bits per heavy atom. The van der Waals surface area contributed by atoms with E-state index in [4.69, 9.17) is 15.6 Å². The van der Waals surface area contributed by atoms with E-state index in [1.165, 1.54) is 24.3 Å². The number of benzene rings is 4. The summed E-state index contributed by atoms with van der Waals surface area (Å²) in [7, 11) is 7.07. The molecule has 2 aliphatic heterocycles. The van der Waals surface area contributed by atoms with Gasteiger partial charge in [0.2, 0.25) is 0 Å². The fraction of sp³-hybridized carbons (Fsp3) is 0.214. The number of aryl methyl sites for hydroxylation is 4. The van der Waals surface area contributed by atoms with E-state index in [0.29, 0.717) is 92.4 Å². The number of anilines is 2. The first-order valence-electron chi connectivity index (χ1n) is 25.2. The Labute approximate surface area is 506 Å². The molecular weight excluding hydrogens is 1430 g/mol. The number of carboxylic acids is 1.